The lowest BCUT2D eigenvalue weighted by molar-refractivity contribution is 0.239. The number of para-hydroxylation sites is 1. The first-order chi connectivity index (χ1) is 9.49. The average molecular weight is 294 g/mol. The van der Waals surface area contributed by atoms with Gasteiger partial charge in [0.15, 0.2) is 0 Å². The van der Waals surface area contributed by atoms with Gasteiger partial charge in [-0.3, -0.25) is 0 Å². The monoisotopic (exact) mass is 293 g/mol. The van der Waals surface area contributed by atoms with E-state index in [0.717, 1.165) is 5.56 Å². The molecule has 0 radical (unpaired) electrons. The fourth-order valence-corrected chi connectivity index (χ4v) is 2.10. The molecular weight excluding hydrogens is 277 g/mol. The summed E-state index contributed by atoms with van der Waals surface area (Å²) in [5.74, 6) is 0.243. The van der Waals surface area contributed by atoms with Crippen LogP contribution >= 0.6 is 11.6 Å². The van der Waals surface area contributed by atoms with Crippen molar-refractivity contribution in [1.29, 1.82) is 0 Å². The standard InChI is InChI=1S/C16H17ClFNO/c1-10(2)20-15-6-4-3-5-12(15)16(19)11-7-8-13(17)14(18)9-11/h3-10,16H,19H2,1-2H3. The summed E-state index contributed by atoms with van der Waals surface area (Å²) in [5.41, 5.74) is 7.70. The van der Waals surface area contributed by atoms with Gasteiger partial charge >= 0.3 is 0 Å². The van der Waals surface area contributed by atoms with Crippen molar-refractivity contribution >= 4 is 11.6 Å². The molecule has 0 bridgehead atoms. The van der Waals surface area contributed by atoms with Gasteiger partial charge in [-0.2, -0.15) is 0 Å². The largest absolute Gasteiger partial charge is 0.491 e. The van der Waals surface area contributed by atoms with Gasteiger partial charge in [0.1, 0.15) is 11.6 Å². The number of ether oxygens (including phenoxy) is 1. The Morgan fingerprint density at radius 3 is 2.50 bits per heavy atom. The number of nitrogens with two attached hydrogens (primary N) is 1. The smallest absolute Gasteiger partial charge is 0.142 e. The topological polar surface area (TPSA) is 35.2 Å². The Bertz CT molecular complexity index is 601. The zero-order valence-corrected chi connectivity index (χ0v) is 12.2. The van der Waals surface area contributed by atoms with E-state index >= 15 is 0 Å². The molecule has 0 aliphatic heterocycles. The van der Waals surface area contributed by atoms with Crippen LogP contribution in [0.2, 0.25) is 5.02 Å². The van der Waals surface area contributed by atoms with E-state index in [9.17, 15) is 4.39 Å². The van der Waals surface area contributed by atoms with Crippen LogP contribution in [0.5, 0.6) is 5.75 Å². The van der Waals surface area contributed by atoms with Crippen LogP contribution in [0.1, 0.15) is 31.0 Å². The molecule has 2 aromatic rings. The molecule has 0 amide bonds. The van der Waals surface area contributed by atoms with Crippen LogP contribution in [-0.2, 0) is 0 Å². The highest BCUT2D eigenvalue weighted by molar-refractivity contribution is 6.30. The molecule has 2 N–H and O–H groups in total. The van der Waals surface area contributed by atoms with Crippen molar-refractivity contribution in [1.82, 2.24) is 0 Å². The summed E-state index contributed by atoms with van der Waals surface area (Å²) in [6.45, 7) is 3.90. The van der Waals surface area contributed by atoms with E-state index in [0.29, 0.717) is 11.3 Å². The van der Waals surface area contributed by atoms with Gasteiger partial charge in [-0.15, -0.1) is 0 Å². The van der Waals surface area contributed by atoms with Gasteiger partial charge in [0.05, 0.1) is 17.2 Å². The van der Waals surface area contributed by atoms with E-state index in [-0.39, 0.29) is 11.1 Å². The van der Waals surface area contributed by atoms with Crippen LogP contribution in [0, 0.1) is 5.82 Å². The zero-order valence-electron chi connectivity index (χ0n) is 11.4. The maximum atomic E-state index is 13.5. The Hall–Kier alpha value is -1.58. The Morgan fingerprint density at radius 1 is 1.15 bits per heavy atom. The molecule has 0 spiro atoms. The molecule has 4 heteroatoms. The first-order valence-electron chi connectivity index (χ1n) is 6.45. The molecule has 2 nitrogen and oxygen atoms in total. The highest BCUT2D eigenvalue weighted by Gasteiger charge is 2.16. The second kappa shape index (κ2) is 6.25. The van der Waals surface area contributed by atoms with Crippen LogP contribution in [0.25, 0.3) is 0 Å². The molecule has 1 atom stereocenters. The molecule has 106 valence electrons. The predicted molar refractivity (Wildman–Crippen MR) is 79.6 cm³/mol. The molecule has 1 unspecified atom stereocenters. The number of rotatable bonds is 4. The second-order valence-corrected chi connectivity index (χ2v) is 5.26. The van der Waals surface area contributed by atoms with E-state index in [1.165, 1.54) is 12.1 Å². The van der Waals surface area contributed by atoms with Gasteiger partial charge < -0.3 is 10.5 Å². The van der Waals surface area contributed by atoms with Gasteiger partial charge in [0.25, 0.3) is 0 Å². The third kappa shape index (κ3) is 3.30. The fraction of sp³-hybridized carbons (Fsp3) is 0.250. The van der Waals surface area contributed by atoms with Gasteiger partial charge in [0.2, 0.25) is 0 Å². The third-order valence-electron chi connectivity index (χ3n) is 2.92. The SMILES string of the molecule is CC(C)Oc1ccccc1C(N)c1ccc(Cl)c(F)c1. The van der Waals surface area contributed by atoms with Crippen LogP contribution in [0.15, 0.2) is 42.5 Å². The van der Waals surface area contributed by atoms with Crippen LogP contribution in [-0.4, -0.2) is 6.10 Å². The van der Waals surface area contributed by atoms with E-state index in [2.05, 4.69) is 0 Å². The quantitative estimate of drug-likeness (QED) is 0.911. The van der Waals surface area contributed by atoms with E-state index in [1.54, 1.807) is 6.07 Å². The molecule has 0 aliphatic carbocycles. The predicted octanol–water partition coefficient (Wildman–Crippen LogP) is 4.31. The van der Waals surface area contributed by atoms with Crippen LogP contribution in [0.3, 0.4) is 0 Å². The molecule has 0 heterocycles. The highest BCUT2D eigenvalue weighted by atomic mass is 35.5. The van der Waals surface area contributed by atoms with Crippen molar-refractivity contribution in [2.45, 2.75) is 26.0 Å². The maximum Gasteiger partial charge on any atom is 0.142 e. The summed E-state index contributed by atoms with van der Waals surface area (Å²) in [7, 11) is 0. The molecule has 0 saturated carbocycles. The number of hydrogen-bond acceptors (Lipinski definition) is 2. The van der Waals surface area contributed by atoms with Gasteiger partial charge in [-0.1, -0.05) is 35.9 Å². The highest BCUT2D eigenvalue weighted by Crippen LogP contribution is 2.30. The lowest BCUT2D eigenvalue weighted by Gasteiger charge is -2.19. The molecule has 0 saturated heterocycles. The van der Waals surface area contributed by atoms with Crippen molar-refractivity contribution in [2.75, 3.05) is 0 Å². The Kier molecular flexibility index (Phi) is 4.63. The van der Waals surface area contributed by atoms with Gasteiger partial charge in [-0.05, 0) is 37.6 Å². The third-order valence-corrected chi connectivity index (χ3v) is 3.23. The molecule has 20 heavy (non-hydrogen) atoms. The minimum atomic E-state index is -0.470. The van der Waals surface area contributed by atoms with Crippen molar-refractivity contribution < 1.29 is 9.13 Å². The summed E-state index contributed by atoms with van der Waals surface area (Å²) in [5, 5.41) is 0.0904. The first kappa shape index (κ1) is 14.8. The van der Waals surface area contributed by atoms with Crippen molar-refractivity contribution in [3.05, 3.63) is 64.4 Å². The van der Waals surface area contributed by atoms with Crippen molar-refractivity contribution in [3.63, 3.8) is 0 Å². The fourth-order valence-electron chi connectivity index (χ4n) is 1.98. The second-order valence-electron chi connectivity index (χ2n) is 4.86. The summed E-state index contributed by atoms with van der Waals surface area (Å²) in [6.07, 6.45) is 0.0466. The molecule has 0 fully saturated rings. The van der Waals surface area contributed by atoms with Gasteiger partial charge in [-0.25, -0.2) is 4.39 Å². The van der Waals surface area contributed by atoms with E-state index in [4.69, 9.17) is 22.1 Å². The molecular formula is C16H17ClFNO. The summed E-state index contributed by atoms with van der Waals surface area (Å²) in [4.78, 5) is 0. The minimum Gasteiger partial charge on any atom is -0.491 e. The first-order valence-corrected chi connectivity index (χ1v) is 6.83. The minimum absolute atomic E-state index is 0.0466. The Balaban J connectivity index is 2.37. The summed E-state index contributed by atoms with van der Waals surface area (Å²) < 4.78 is 19.3. The summed E-state index contributed by atoms with van der Waals surface area (Å²) >= 11 is 5.69. The number of hydrogen-bond donors (Lipinski definition) is 1. The zero-order chi connectivity index (χ0) is 14.7. The Morgan fingerprint density at radius 2 is 1.85 bits per heavy atom. The average Bonchev–Trinajstić information content (AvgIpc) is 2.41. The maximum absolute atomic E-state index is 13.5. The Labute approximate surface area is 123 Å². The number of halogens is 2. The van der Waals surface area contributed by atoms with Crippen molar-refractivity contribution in [2.24, 2.45) is 5.73 Å². The van der Waals surface area contributed by atoms with Crippen molar-refractivity contribution in [3.8, 4) is 5.75 Å². The molecule has 0 aromatic heterocycles. The van der Waals surface area contributed by atoms with Gasteiger partial charge in [0, 0.05) is 5.56 Å². The lowest BCUT2D eigenvalue weighted by atomic mass is 9.98. The van der Waals surface area contributed by atoms with E-state index in [1.807, 2.05) is 38.1 Å². The van der Waals surface area contributed by atoms with E-state index < -0.39 is 11.9 Å². The molecule has 2 rings (SSSR count). The number of benzene rings is 2. The van der Waals surface area contributed by atoms with Crippen LogP contribution in [0.4, 0.5) is 4.39 Å². The molecule has 2 aromatic carbocycles. The molecule has 0 aliphatic rings. The normalized spacial score (nSPS) is 12.5. The lowest BCUT2D eigenvalue weighted by Crippen LogP contribution is -2.15. The van der Waals surface area contributed by atoms with Crippen LogP contribution < -0.4 is 10.5 Å². The summed E-state index contributed by atoms with van der Waals surface area (Å²) in [6, 6.07) is 11.7.